The van der Waals surface area contributed by atoms with E-state index < -0.39 is 10.0 Å². The zero-order valence-electron chi connectivity index (χ0n) is 11.6. The van der Waals surface area contributed by atoms with Gasteiger partial charge in [-0.25, -0.2) is 12.7 Å². The van der Waals surface area contributed by atoms with Gasteiger partial charge in [-0.2, -0.15) is 0 Å². The van der Waals surface area contributed by atoms with Crippen LogP contribution in [0, 0.1) is 0 Å². The van der Waals surface area contributed by atoms with Crippen LogP contribution in [-0.2, 0) is 21.2 Å². The summed E-state index contributed by atoms with van der Waals surface area (Å²) in [7, 11) is -3.15. The number of hydrogen-bond donors (Lipinski definition) is 0. The van der Waals surface area contributed by atoms with Crippen LogP contribution in [-0.4, -0.2) is 55.5 Å². The van der Waals surface area contributed by atoms with E-state index in [2.05, 4.69) is 0 Å². The molecule has 5 nitrogen and oxygen atoms in total. The Bertz CT molecular complexity index is 540. The molecule has 1 aromatic rings. The first-order valence-electron chi connectivity index (χ1n) is 6.81. The number of sulfonamides is 1. The van der Waals surface area contributed by atoms with E-state index in [1.54, 1.807) is 23.2 Å². The van der Waals surface area contributed by atoms with E-state index in [-0.39, 0.29) is 11.7 Å². The SMILES string of the molecule is CCS(=O)(=O)N1CCCN(C(=O)Cc2cccs2)CC1. The maximum absolute atomic E-state index is 12.2. The highest BCUT2D eigenvalue weighted by Crippen LogP contribution is 2.13. The van der Waals surface area contributed by atoms with E-state index in [9.17, 15) is 13.2 Å². The second kappa shape index (κ2) is 6.69. The van der Waals surface area contributed by atoms with Crippen LogP contribution >= 0.6 is 11.3 Å². The van der Waals surface area contributed by atoms with Gasteiger partial charge in [-0.3, -0.25) is 4.79 Å². The maximum atomic E-state index is 12.2. The van der Waals surface area contributed by atoms with Crippen LogP contribution in [0.2, 0.25) is 0 Å². The van der Waals surface area contributed by atoms with Crippen molar-refractivity contribution in [3.05, 3.63) is 22.4 Å². The smallest absolute Gasteiger partial charge is 0.227 e. The van der Waals surface area contributed by atoms with E-state index >= 15 is 0 Å². The number of nitrogens with zero attached hydrogens (tertiary/aromatic N) is 2. The third-order valence-electron chi connectivity index (χ3n) is 3.47. The molecule has 7 heteroatoms. The summed E-state index contributed by atoms with van der Waals surface area (Å²) in [6.07, 6.45) is 1.12. The van der Waals surface area contributed by atoms with Gasteiger partial charge in [0.15, 0.2) is 0 Å². The number of rotatable bonds is 4. The fourth-order valence-electron chi connectivity index (χ4n) is 2.28. The molecule has 112 valence electrons. The summed E-state index contributed by atoms with van der Waals surface area (Å²) in [5, 5.41) is 1.96. The first-order chi connectivity index (χ1) is 9.53. The van der Waals surface area contributed by atoms with Gasteiger partial charge in [-0.15, -0.1) is 11.3 Å². The molecule has 0 aromatic carbocycles. The molecule has 0 unspecified atom stereocenters. The summed E-state index contributed by atoms with van der Waals surface area (Å²) in [5.74, 6) is 0.207. The lowest BCUT2D eigenvalue weighted by Gasteiger charge is -2.21. The van der Waals surface area contributed by atoms with Crippen molar-refractivity contribution in [1.29, 1.82) is 0 Å². The van der Waals surface area contributed by atoms with Gasteiger partial charge in [-0.1, -0.05) is 6.07 Å². The molecule has 0 spiro atoms. The van der Waals surface area contributed by atoms with Gasteiger partial charge in [0.1, 0.15) is 0 Å². The summed E-state index contributed by atoms with van der Waals surface area (Å²) < 4.78 is 25.2. The average molecular weight is 316 g/mol. The molecule has 0 aliphatic carbocycles. The molecule has 1 fully saturated rings. The molecule has 2 heterocycles. The summed E-state index contributed by atoms with van der Waals surface area (Å²) in [5.41, 5.74) is 0. The van der Waals surface area contributed by atoms with Crippen LogP contribution < -0.4 is 0 Å². The lowest BCUT2D eigenvalue weighted by molar-refractivity contribution is -0.130. The Kier molecular flexibility index (Phi) is 5.17. The summed E-state index contributed by atoms with van der Waals surface area (Å²) in [6, 6.07) is 3.89. The van der Waals surface area contributed by atoms with Crippen molar-refractivity contribution in [1.82, 2.24) is 9.21 Å². The molecule has 0 radical (unpaired) electrons. The Morgan fingerprint density at radius 1 is 1.30 bits per heavy atom. The topological polar surface area (TPSA) is 57.7 Å². The highest BCUT2D eigenvalue weighted by molar-refractivity contribution is 7.89. The van der Waals surface area contributed by atoms with Crippen LogP contribution in [0.25, 0.3) is 0 Å². The number of thiophene rings is 1. The second-order valence-electron chi connectivity index (χ2n) is 4.79. The predicted octanol–water partition coefficient (Wildman–Crippen LogP) is 1.17. The van der Waals surface area contributed by atoms with Crippen molar-refractivity contribution in [3.63, 3.8) is 0 Å². The zero-order chi connectivity index (χ0) is 14.6. The molecule has 0 bridgehead atoms. The van der Waals surface area contributed by atoms with Crippen molar-refractivity contribution < 1.29 is 13.2 Å². The van der Waals surface area contributed by atoms with Gasteiger partial charge in [0, 0.05) is 31.1 Å². The van der Waals surface area contributed by atoms with Gasteiger partial charge in [0.25, 0.3) is 0 Å². The molecule has 1 aliphatic rings. The lowest BCUT2D eigenvalue weighted by atomic mass is 10.3. The Labute approximate surface area is 124 Å². The van der Waals surface area contributed by atoms with E-state index in [1.165, 1.54) is 4.31 Å². The number of carbonyl (C=O) groups excluding carboxylic acids is 1. The van der Waals surface area contributed by atoms with Gasteiger partial charge in [0.2, 0.25) is 15.9 Å². The largest absolute Gasteiger partial charge is 0.341 e. The Hall–Kier alpha value is -0.920. The van der Waals surface area contributed by atoms with Gasteiger partial charge in [-0.05, 0) is 24.8 Å². The molecule has 0 atom stereocenters. The number of amides is 1. The minimum Gasteiger partial charge on any atom is -0.341 e. The lowest BCUT2D eigenvalue weighted by Crippen LogP contribution is -2.38. The molecule has 1 aliphatic heterocycles. The Morgan fingerprint density at radius 2 is 2.10 bits per heavy atom. The van der Waals surface area contributed by atoms with Crippen molar-refractivity contribution in [3.8, 4) is 0 Å². The first kappa shape index (κ1) is 15.5. The van der Waals surface area contributed by atoms with Gasteiger partial charge >= 0.3 is 0 Å². The minimum absolute atomic E-state index is 0.0863. The normalized spacial score (nSPS) is 17.9. The van der Waals surface area contributed by atoms with Crippen molar-refractivity contribution in [2.75, 3.05) is 31.9 Å². The second-order valence-corrected chi connectivity index (χ2v) is 8.08. The first-order valence-corrected chi connectivity index (χ1v) is 9.30. The summed E-state index contributed by atoms with van der Waals surface area (Å²) in [4.78, 5) is 15.0. The molecular formula is C13H20N2O3S2. The molecule has 0 N–H and O–H groups in total. The van der Waals surface area contributed by atoms with Gasteiger partial charge in [0.05, 0.1) is 12.2 Å². The summed E-state index contributed by atoms with van der Waals surface area (Å²) >= 11 is 1.58. The maximum Gasteiger partial charge on any atom is 0.227 e. The highest BCUT2D eigenvalue weighted by atomic mass is 32.2. The average Bonchev–Trinajstić information content (AvgIpc) is 2.79. The third kappa shape index (κ3) is 3.80. The van der Waals surface area contributed by atoms with Crippen molar-refractivity contribution in [2.45, 2.75) is 19.8 Å². The predicted molar refractivity (Wildman–Crippen MR) is 80.3 cm³/mol. The molecule has 1 amide bonds. The van der Waals surface area contributed by atoms with E-state index in [0.717, 1.165) is 4.88 Å². The molecule has 2 rings (SSSR count). The number of carbonyl (C=O) groups is 1. The zero-order valence-corrected chi connectivity index (χ0v) is 13.3. The third-order valence-corrected chi connectivity index (χ3v) is 6.23. The molecule has 1 aromatic heterocycles. The molecule has 0 saturated carbocycles. The highest BCUT2D eigenvalue weighted by Gasteiger charge is 2.25. The van der Waals surface area contributed by atoms with Crippen LogP contribution in [0.3, 0.4) is 0 Å². The quantitative estimate of drug-likeness (QED) is 0.838. The monoisotopic (exact) mass is 316 g/mol. The van der Waals surface area contributed by atoms with Crippen LogP contribution in [0.4, 0.5) is 0 Å². The van der Waals surface area contributed by atoms with E-state index in [0.29, 0.717) is 39.0 Å². The van der Waals surface area contributed by atoms with E-state index in [4.69, 9.17) is 0 Å². The Balaban J connectivity index is 1.94. The van der Waals surface area contributed by atoms with Crippen LogP contribution in [0.5, 0.6) is 0 Å². The van der Waals surface area contributed by atoms with Crippen molar-refractivity contribution in [2.24, 2.45) is 0 Å². The minimum atomic E-state index is -3.15. The fourth-order valence-corrected chi connectivity index (χ4v) is 4.11. The van der Waals surface area contributed by atoms with Crippen LogP contribution in [0.15, 0.2) is 17.5 Å². The molecule has 1 saturated heterocycles. The molecule has 20 heavy (non-hydrogen) atoms. The van der Waals surface area contributed by atoms with E-state index in [1.807, 2.05) is 17.5 Å². The standard InChI is InChI=1S/C13H20N2O3S2/c1-2-20(17,18)15-7-4-6-14(8-9-15)13(16)11-12-5-3-10-19-12/h3,5,10H,2,4,6-9,11H2,1H3. The van der Waals surface area contributed by atoms with Crippen molar-refractivity contribution >= 4 is 27.3 Å². The Morgan fingerprint density at radius 3 is 2.75 bits per heavy atom. The van der Waals surface area contributed by atoms with Gasteiger partial charge < -0.3 is 4.90 Å². The molecular weight excluding hydrogens is 296 g/mol. The number of hydrogen-bond acceptors (Lipinski definition) is 4. The summed E-state index contributed by atoms with van der Waals surface area (Å²) in [6.45, 7) is 3.70. The fraction of sp³-hybridized carbons (Fsp3) is 0.615. The van der Waals surface area contributed by atoms with Crippen LogP contribution in [0.1, 0.15) is 18.2 Å².